The molecule has 0 atom stereocenters. The Bertz CT molecular complexity index is 1210. The second kappa shape index (κ2) is 11.5. The Morgan fingerprint density at radius 3 is 2.24 bits per heavy atom. The molecule has 0 bridgehead atoms. The van der Waals surface area contributed by atoms with Gasteiger partial charge in [0.1, 0.15) is 11.6 Å². The van der Waals surface area contributed by atoms with Crippen LogP contribution < -0.4 is 14.7 Å². The largest absolute Gasteiger partial charge is 0.419 e. The van der Waals surface area contributed by atoms with Crippen LogP contribution in [0.5, 0.6) is 0 Å². The SMILES string of the molecule is CCCN(CCC)c1nc(-c2ccc(F)c(Cl)c2)nc(N2CCN(c3ncccc3C(F)(F)F)CC2)n1. The zero-order valence-corrected chi connectivity index (χ0v) is 21.4. The average Bonchev–Trinajstić information content (AvgIpc) is 2.89. The van der Waals surface area contributed by atoms with Crippen LogP contribution in [0.3, 0.4) is 0 Å². The van der Waals surface area contributed by atoms with E-state index in [-0.39, 0.29) is 10.8 Å². The molecule has 1 aliphatic heterocycles. The maximum Gasteiger partial charge on any atom is 0.419 e. The van der Waals surface area contributed by atoms with Gasteiger partial charge in [-0.1, -0.05) is 25.4 Å². The van der Waals surface area contributed by atoms with Crippen molar-refractivity contribution < 1.29 is 17.6 Å². The van der Waals surface area contributed by atoms with E-state index in [9.17, 15) is 17.6 Å². The lowest BCUT2D eigenvalue weighted by Crippen LogP contribution is -2.48. The normalized spacial score (nSPS) is 14.2. The number of aromatic nitrogens is 4. The van der Waals surface area contributed by atoms with Crippen LogP contribution in [0.15, 0.2) is 36.5 Å². The van der Waals surface area contributed by atoms with E-state index >= 15 is 0 Å². The van der Waals surface area contributed by atoms with E-state index in [4.69, 9.17) is 16.6 Å². The Hall–Kier alpha value is -3.21. The summed E-state index contributed by atoms with van der Waals surface area (Å²) in [6, 6.07) is 6.63. The summed E-state index contributed by atoms with van der Waals surface area (Å²) in [5.41, 5.74) is -0.206. The summed E-state index contributed by atoms with van der Waals surface area (Å²) < 4.78 is 54.3. The first-order valence-corrected chi connectivity index (χ1v) is 12.6. The predicted molar refractivity (Wildman–Crippen MR) is 137 cm³/mol. The van der Waals surface area contributed by atoms with Gasteiger partial charge in [0.05, 0.1) is 10.6 Å². The van der Waals surface area contributed by atoms with Crippen molar-refractivity contribution >= 4 is 29.3 Å². The molecule has 37 heavy (non-hydrogen) atoms. The van der Waals surface area contributed by atoms with Crippen molar-refractivity contribution in [2.24, 2.45) is 0 Å². The molecule has 3 heterocycles. The molecule has 1 aromatic carbocycles. The van der Waals surface area contributed by atoms with Crippen molar-refractivity contribution in [3.63, 3.8) is 0 Å². The molecule has 0 unspecified atom stereocenters. The standard InChI is InChI=1S/C25H28ClF4N7/c1-3-10-36(11-4-2)23-32-21(17-7-8-20(27)19(26)16-17)33-24(34-23)37-14-12-35(13-15-37)22-18(25(28,29)30)6-5-9-31-22/h5-9,16H,3-4,10-15H2,1-2H3. The highest BCUT2D eigenvalue weighted by atomic mass is 35.5. The molecule has 0 aliphatic carbocycles. The molecule has 198 valence electrons. The minimum Gasteiger partial charge on any atom is -0.353 e. The molecule has 3 aromatic rings. The van der Waals surface area contributed by atoms with Gasteiger partial charge in [-0.15, -0.1) is 0 Å². The molecule has 1 fully saturated rings. The second-order valence-electron chi connectivity index (χ2n) is 8.72. The Morgan fingerprint density at radius 1 is 0.946 bits per heavy atom. The van der Waals surface area contributed by atoms with Gasteiger partial charge in [0, 0.05) is 51.0 Å². The Labute approximate surface area is 218 Å². The maximum absolute atomic E-state index is 13.8. The van der Waals surface area contributed by atoms with Gasteiger partial charge in [0.15, 0.2) is 5.82 Å². The van der Waals surface area contributed by atoms with Gasteiger partial charge >= 0.3 is 6.18 Å². The van der Waals surface area contributed by atoms with E-state index in [1.165, 1.54) is 24.4 Å². The number of benzene rings is 1. The summed E-state index contributed by atoms with van der Waals surface area (Å²) in [6.45, 7) is 7.03. The van der Waals surface area contributed by atoms with Gasteiger partial charge in [-0.05, 0) is 43.2 Å². The van der Waals surface area contributed by atoms with Crippen molar-refractivity contribution in [2.45, 2.75) is 32.9 Å². The monoisotopic (exact) mass is 537 g/mol. The van der Waals surface area contributed by atoms with Gasteiger partial charge in [0.25, 0.3) is 0 Å². The number of halogens is 5. The fourth-order valence-corrected chi connectivity index (χ4v) is 4.42. The molecule has 0 N–H and O–H groups in total. The fourth-order valence-electron chi connectivity index (χ4n) is 4.24. The third kappa shape index (κ3) is 6.20. The molecule has 0 spiro atoms. The molecule has 0 amide bonds. The van der Waals surface area contributed by atoms with Gasteiger partial charge in [-0.3, -0.25) is 0 Å². The minimum absolute atomic E-state index is 0.0376. The summed E-state index contributed by atoms with van der Waals surface area (Å²) in [7, 11) is 0. The third-order valence-electron chi connectivity index (χ3n) is 6.01. The molecule has 1 saturated heterocycles. The summed E-state index contributed by atoms with van der Waals surface area (Å²) in [5.74, 6) is 0.641. The molecule has 7 nitrogen and oxygen atoms in total. The molecule has 1 aliphatic rings. The average molecular weight is 538 g/mol. The number of pyridine rings is 1. The molecule has 0 radical (unpaired) electrons. The van der Waals surface area contributed by atoms with Gasteiger partial charge < -0.3 is 14.7 Å². The Morgan fingerprint density at radius 2 is 1.62 bits per heavy atom. The van der Waals surface area contributed by atoms with E-state index in [2.05, 4.69) is 33.7 Å². The van der Waals surface area contributed by atoms with Crippen molar-refractivity contribution in [1.82, 2.24) is 19.9 Å². The number of hydrogen-bond acceptors (Lipinski definition) is 7. The number of alkyl halides is 3. The van der Waals surface area contributed by atoms with Gasteiger partial charge in [-0.2, -0.15) is 28.1 Å². The summed E-state index contributed by atoms with van der Waals surface area (Å²) in [6.07, 6.45) is -1.34. The van der Waals surface area contributed by atoms with Crippen LogP contribution in [-0.4, -0.2) is 59.2 Å². The lowest BCUT2D eigenvalue weighted by molar-refractivity contribution is -0.137. The molecule has 2 aromatic heterocycles. The van der Waals surface area contributed by atoms with Crippen molar-refractivity contribution in [3.05, 3.63) is 52.9 Å². The number of rotatable bonds is 8. The van der Waals surface area contributed by atoms with Crippen LogP contribution in [0.2, 0.25) is 5.02 Å². The zero-order valence-electron chi connectivity index (χ0n) is 20.6. The smallest absolute Gasteiger partial charge is 0.353 e. The lowest BCUT2D eigenvalue weighted by Gasteiger charge is -2.36. The first kappa shape index (κ1) is 26.8. The van der Waals surface area contributed by atoms with Gasteiger partial charge in [-0.25, -0.2) is 9.37 Å². The first-order valence-electron chi connectivity index (χ1n) is 12.2. The molecule has 0 saturated carbocycles. The van der Waals surface area contributed by atoms with E-state index < -0.39 is 17.6 Å². The lowest BCUT2D eigenvalue weighted by atomic mass is 10.2. The van der Waals surface area contributed by atoms with E-state index in [0.717, 1.165) is 32.0 Å². The van der Waals surface area contributed by atoms with Crippen molar-refractivity contribution in [3.8, 4) is 11.4 Å². The highest BCUT2D eigenvalue weighted by molar-refractivity contribution is 6.31. The van der Waals surface area contributed by atoms with Crippen LogP contribution in [0.4, 0.5) is 35.3 Å². The summed E-state index contributed by atoms with van der Waals surface area (Å²) >= 11 is 6.01. The van der Waals surface area contributed by atoms with Crippen LogP contribution in [0.1, 0.15) is 32.3 Å². The van der Waals surface area contributed by atoms with Crippen molar-refractivity contribution in [2.75, 3.05) is 54.0 Å². The topological polar surface area (TPSA) is 61.3 Å². The number of nitrogens with zero attached hydrogens (tertiary/aromatic N) is 7. The highest BCUT2D eigenvalue weighted by Crippen LogP contribution is 2.35. The second-order valence-corrected chi connectivity index (χ2v) is 9.13. The number of piperazine rings is 1. The fraction of sp³-hybridized carbons (Fsp3) is 0.440. The third-order valence-corrected chi connectivity index (χ3v) is 6.30. The predicted octanol–water partition coefficient (Wildman–Crippen LogP) is 5.70. The van der Waals surface area contributed by atoms with E-state index in [1.807, 2.05) is 4.90 Å². The van der Waals surface area contributed by atoms with Gasteiger partial charge in [0.2, 0.25) is 11.9 Å². The molecular weight excluding hydrogens is 510 g/mol. The number of hydrogen-bond donors (Lipinski definition) is 0. The highest BCUT2D eigenvalue weighted by Gasteiger charge is 2.36. The summed E-state index contributed by atoms with van der Waals surface area (Å²) in [4.78, 5) is 23.6. The van der Waals surface area contributed by atoms with E-state index in [1.54, 1.807) is 11.0 Å². The van der Waals surface area contributed by atoms with E-state index in [0.29, 0.717) is 49.5 Å². The van der Waals surface area contributed by atoms with Crippen LogP contribution >= 0.6 is 11.6 Å². The first-order chi connectivity index (χ1) is 17.7. The Kier molecular flexibility index (Phi) is 8.31. The molecular formula is C25H28ClF4N7. The van der Waals surface area contributed by atoms with Crippen LogP contribution in [0.25, 0.3) is 11.4 Å². The summed E-state index contributed by atoms with van der Waals surface area (Å²) in [5, 5.41) is -0.0376. The molecule has 12 heteroatoms. The maximum atomic E-state index is 13.8. The van der Waals surface area contributed by atoms with Crippen LogP contribution in [0, 0.1) is 5.82 Å². The Balaban J connectivity index is 1.64. The number of anilines is 3. The molecule has 4 rings (SSSR count). The van der Waals surface area contributed by atoms with Crippen molar-refractivity contribution in [1.29, 1.82) is 0 Å². The quantitative estimate of drug-likeness (QED) is 0.342. The minimum atomic E-state index is -4.49. The zero-order chi connectivity index (χ0) is 26.6. The van der Waals surface area contributed by atoms with Crippen LogP contribution in [-0.2, 0) is 6.18 Å².